The zero-order valence-corrected chi connectivity index (χ0v) is 21.3. The third kappa shape index (κ3) is 4.80. The van der Waals surface area contributed by atoms with Gasteiger partial charge in [-0.1, -0.05) is 17.3 Å². The quantitative estimate of drug-likeness (QED) is 0.174. The van der Waals surface area contributed by atoms with Crippen LogP contribution >= 0.6 is 0 Å². The molecule has 5 aromatic rings. The highest BCUT2D eigenvalue weighted by Crippen LogP contribution is 2.38. The first-order chi connectivity index (χ1) is 18.6. The molecule has 0 fully saturated rings. The minimum atomic E-state index is -4.67. The number of aliphatic imine (C=N–C) groups is 1. The van der Waals surface area contributed by atoms with E-state index in [1.54, 1.807) is 61.2 Å². The van der Waals surface area contributed by atoms with E-state index in [4.69, 9.17) is 0 Å². The molecular weight excluding hydrogens is 516 g/mol. The first kappa shape index (κ1) is 25.9. The molecule has 0 radical (unpaired) electrons. The average molecular weight is 539 g/mol. The van der Waals surface area contributed by atoms with E-state index in [1.807, 2.05) is 6.92 Å². The van der Waals surface area contributed by atoms with Crippen molar-refractivity contribution >= 4 is 23.2 Å². The SMILES string of the molecule is Cc1c(C(C)n2cc(-c3cnc(C(F)(F)F)nc3)c3c(/N=C\N(C)C)ncnc32)nnn1-c1ccccc1F. The van der Waals surface area contributed by atoms with Crippen LogP contribution in [0, 0.1) is 12.7 Å². The highest BCUT2D eigenvalue weighted by molar-refractivity contribution is 6.01. The minimum Gasteiger partial charge on any atom is -0.369 e. The molecule has 0 aliphatic rings. The van der Waals surface area contributed by atoms with Crippen LogP contribution in [0.2, 0.25) is 0 Å². The normalized spacial score (nSPS) is 12.9. The first-order valence-corrected chi connectivity index (χ1v) is 11.7. The lowest BCUT2D eigenvalue weighted by Gasteiger charge is -2.13. The van der Waals surface area contributed by atoms with Crippen molar-refractivity contribution in [3.8, 4) is 16.8 Å². The summed E-state index contributed by atoms with van der Waals surface area (Å²) in [4.78, 5) is 21.9. The molecule has 0 amide bonds. The van der Waals surface area contributed by atoms with Gasteiger partial charge in [-0.05, 0) is 26.0 Å². The van der Waals surface area contributed by atoms with Crippen LogP contribution in [0.25, 0.3) is 27.8 Å². The van der Waals surface area contributed by atoms with Crippen molar-refractivity contribution < 1.29 is 17.6 Å². The monoisotopic (exact) mass is 538 g/mol. The largest absolute Gasteiger partial charge is 0.451 e. The molecular formula is C25H22F4N10. The summed E-state index contributed by atoms with van der Waals surface area (Å²) in [5.74, 6) is -1.39. The number of benzene rings is 1. The number of aromatic nitrogens is 8. The summed E-state index contributed by atoms with van der Waals surface area (Å²) in [5, 5.41) is 8.97. The molecule has 1 unspecified atom stereocenters. The average Bonchev–Trinajstić information content (AvgIpc) is 3.48. The van der Waals surface area contributed by atoms with Gasteiger partial charge in [0.05, 0.1) is 23.5 Å². The van der Waals surface area contributed by atoms with Crippen LogP contribution in [0.5, 0.6) is 0 Å². The summed E-state index contributed by atoms with van der Waals surface area (Å²) in [7, 11) is 3.59. The number of para-hydroxylation sites is 1. The molecule has 0 aliphatic heterocycles. The maximum absolute atomic E-state index is 14.5. The third-order valence-electron chi connectivity index (χ3n) is 6.04. The maximum atomic E-state index is 14.5. The van der Waals surface area contributed by atoms with Gasteiger partial charge in [-0.25, -0.2) is 34.0 Å². The molecule has 4 aromatic heterocycles. The van der Waals surface area contributed by atoms with Gasteiger partial charge in [0.15, 0.2) is 5.82 Å². The van der Waals surface area contributed by atoms with Crippen LogP contribution in [0.4, 0.5) is 23.4 Å². The summed E-state index contributed by atoms with van der Waals surface area (Å²) >= 11 is 0. The fourth-order valence-corrected chi connectivity index (χ4v) is 4.18. The van der Waals surface area contributed by atoms with Gasteiger partial charge in [0.1, 0.15) is 29.2 Å². The molecule has 0 N–H and O–H groups in total. The Bertz CT molecular complexity index is 1670. The Labute approximate surface area is 219 Å². The van der Waals surface area contributed by atoms with E-state index in [2.05, 4.69) is 35.2 Å². The molecule has 14 heteroatoms. The first-order valence-electron chi connectivity index (χ1n) is 11.7. The van der Waals surface area contributed by atoms with Gasteiger partial charge in [0.25, 0.3) is 0 Å². The lowest BCUT2D eigenvalue weighted by atomic mass is 10.1. The van der Waals surface area contributed by atoms with E-state index in [0.29, 0.717) is 39.4 Å². The predicted molar refractivity (Wildman–Crippen MR) is 135 cm³/mol. The Hall–Kier alpha value is -4.75. The zero-order chi connectivity index (χ0) is 27.9. The molecule has 39 heavy (non-hydrogen) atoms. The Balaban J connectivity index is 1.67. The van der Waals surface area contributed by atoms with Crippen LogP contribution in [0.15, 0.2) is 54.2 Å². The Morgan fingerprint density at radius 1 is 1.05 bits per heavy atom. The number of halogens is 4. The minimum absolute atomic E-state index is 0.253. The maximum Gasteiger partial charge on any atom is 0.451 e. The van der Waals surface area contributed by atoms with Gasteiger partial charge < -0.3 is 9.47 Å². The molecule has 0 spiro atoms. The van der Waals surface area contributed by atoms with Gasteiger partial charge >= 0.3 is 6.18 Å². The van der Waals surface area contributed by atoms with Gasteiger partial charge in [0.2, 0.25) is 5.82 Å². The highest BCUT2D eigenvalue weighted by Gasteiger charge is 2.34. The number of rotatable bonds is 6. The molecule has 10 nitrogen and oxygen atoms in total. The number of hydrogen-bond acceptors (Lipinski definition) is 7. The second-order valence-electron chi connectivity index (χ2n) is 8.95. The Morgan fingerprint density at radius 2 is 1.77 bits per heavy atom. The van der Waals surface area contributed by atoms with Crippen LogP contribution in [-0.4, -0.2) is 64.8 Å². The molecule has 4 heterocycles. The van der Waals surface area contributed by atoms with E-state index in [0.717, 1.165) is 12.4 Å². The predicted octanol–water partition coefficient (Wildman–Crippen LogP) is 4.77. The molecule has 0 saturated heterocycles. The number of fused-ring (bicyclic) bond motifs is 1. The van der Waals surface area contributed by atoms with Crippen molar-refractivity contribution in [2.24, 2.45) is 4.99 Å². The summed E-state index contributed by atoms with van der Waals surface area (Å²) in [6, 6.07) is 5.76. The van der Waals surface area contributed by atoms with Crippen LogP contribution in [0.1, 0.15) is 30.2 Å². The summed E-state index contributed by atoms with van der Waals surface area (Å²) < 4.78 is 56.9. The second kappa shape index (κ2) is 9.85. The van der Waals surface area contributed by atoms with Crippen LogP contribution < -0.4 is 0 Å². The van der Waals surface area contributed by atoms with Crippen LogP contribution in [-0.2, 0) is 6.18 Å². The standard InChI is InChI=1S/C25H22F4N10/c1-14(21-15(2)39(36-35-21)19-8-6-5-7-18(19)26)38-11-17(16-9-30-24(31-10-16)25(27,28)29)20-22(34-13-37(3)4)32-12-33-23(20)38/h5-14H,1-4H3/b34-13-. The fourth-order valence-electron chi connectivity index (χ4n) is 4.18. The lowest BCUT2D eigenvalue weighted by Crippen LogP contribution is -2.10. The summed E-state index contributed by atoms with van der Waals surface area (Å²) in [5.41, 5.74) is 2.66. The van der Waals surface area contributed by atoms with Gasteiger partial charge in [-0.15, -0.1) is 5.10 Å². The Morgan fingerprint density at radius 3 is 2.44 bits per heavy atom. The van der Waals surface area contributed by atoms with E-state index < -0.39 is 23.9 Å². The van der Waals surface area contributed by atoms with Crippen molar-refractivity contribution in [1.82, 2.24) is 44.4 Å². The van der Waals surface area contributed by atoms with Crippen molar-refractivity contribution in [2.45, 2.75) is 26.1 Å². The fraction of sp³-hybridized carbons (Fsp3) is 0.240. The lowest BCUT2D eigenvalue weighted by molar-refractivity contribution is -0.144. The van der Waals surface area contributed by atoms with E-state index in [-0.39, 0.29) is 5.69 Å². The van der Waals surface area contributed by atoms with Crippen molar-refractivity contribution in [1.29, 1.82) is 0 Å². The van der Waals surface area contributed by atoms with Crippen molar-refractivity contribution in [3.63, 3.8) is 0 Å². The van der Waals surface area contributed by atoms with Gasteiger partial charge in [0, 0.05) is 43.8 Å². The molecule has 0 bridgehead atoms. The van der Waals surface area contributed by atoms with E-state index in [1.165, 1.54) is 17.1 Å². The second-order valence-corrected chi connectivity index (χ2v) is 8.95. The van der Waals surface area contributed by atoms with Gasteiger partial charge in [-0.3, -0.25) is 0 Å². The molecule has 1 aromatic carbocycles. The zero-order valence-electron chi connectivity index (χ0n) is 21.3. The molecule has 5 rings (SSSR count). The topological polar surface area (TPSA) is 103 Å². The van der Waals surface area contributed by atoms with E-state index in [9.17, 15) is 17.6 Å². The van der Waals surface area contributed by atoms with Crippen LogP contribution in [0.3, 0.4) is 0 Å². The van der Waals surface area contributed by atoms with Gasteiger partial charge in [-0.2, -0.15) is 13.2 Å². The smallest absolute Gasteiger partial charge is 0.369 e. The summed E-state index contributed by atoms with van der Waals surface area (Å²) in [6.45, 7) is 3.64. The molecule has 0 aliphatic carbocycles. The molecule has 200 valence electrons. The third-order valence-corrected chi connectivity index (χ3v) is 6.04. The number of hydrogen-bond donors (Lipinski definition) is 0. The molecule has 0 saturated carbocycles. The molecule has 1 atom stereocenters. The highest BCUT2D eigenvalue weighted by atomic mass is 19.4. The van der Waals surface area contributed by atoms with Crippen molar-refractivity contribution in [2.75, 3.05) is 14.1 Å². The Kier molecular flexibility index (Phi) is 6.54. The summed E-state index contributed by atoms with van der Waals surface area (Å²) in [6.07, 6.45) is 2.15. The number of alkyl halides is 3. The number of nitrogens with zero attached hydrogens (tertiary/aromatic N) is 10. The van der Waals surface area contributed by atoms with E-state index >= 15 is 0 Å². The van der Waals surface area contributed by atoms with Crippen molar-refractivity contribution in [3.05, 3.63) is 72.2 Å².